The van der Waals surface area contributed by atoms with Gasteiger partial charge in [0, 0.05) is 18.2 Å². The third-order valence-corrected chi connectivity index (χ3v) is 3.70. The summed E-state index contributed by atoms with van der Waals surface area (Å²) in [6, 6.07) is 5.41. The van der Waals surface area contributed by atoms with Crippen molar-refractivity contribution in [2.24, 2.45) is 0 Å². The Hall–Kier alpha value is -1.29. The van der Waals surface area contributed by atoms with Gasteiger partial charge in [-0.15, -0.1) is 0 Å². The molecular formula is C13H17FN2O. The number of hydrogen-bond donors (Lipinski definition) is 2. The molecule has 0 radical (unpaired) electrons. The van der Waals surface area contributed by atoms with E-state index in [-0.39, 0.29) is 11.9 Å². The molecular weight excluding hydrogens is 219 g/mol. The zero-order valence-corrected chi connectivity index (χ0v) is 9.66. The number of anilines is 1. The molecule has 0 aliphatic carbocycles. The minimum atomic E-state index is -0.300. The van der Waals surface area contributed by atoms with Crippen molar-refractivity contribution in [3.63, 3.8) is 0 Å². The van der Waals surface area contributed by atoms with Crippen LogP contribution in [0, 0.1) is 5.82 Å². The standard InChI is InChI=1S/C13H17FN2O/c14-8-1-4-12(15)13(5-8)17-11-6-9-2-3-10(7-11)16-9/h1,4-5,9-11,16H,2-3,6-7,15H2. The van der Waals surface area contributed by atoms with E-state index in [1.54, 1.807) is 6.07 Å². The molecule has 3 nitrogen and oxygen atoms in total. The first kappa shape index (κ1) is 10.8. The van der Waals surface area contributed by atoms with E-state index in [1.165, 1.54) is 25.0 Å². The quantitative estimate of drug-likeness (QED) is 0.773. The lowest BCUT2D eigenvalue weighted by molar-refractivity contribution is 0.138. The number of ether oxygens (including phenoxy) is 1. The first-order valence-electron chi connectivity index (χ1n) is 6.18. The van der Waals surface area contributed by atoms with Crippen LogP contribution in [0.4, 0.5) is 10.1 Å². The average Bonchev–Trinajstić information content (AvgIpc) is 2.63. The van der Waals surface area contributed by atoms with E-state index in [2.05, 4.69) is 5.32 Å². The molecule has 92 valence electrons. The van der Waals surface area contributed by atoms with Crippen molar-refractivity contribution in [3.8, 4) is 5.75 Å². The van der Waals surface area contributed by atoms with E-state index in [9.17, 15) is 4.39 Å². The Bertz CT molecular complexity index is 412. The molecule has 2 atom stereocenters. The van der Waals surface area contributed by atoms with E-state index in [4.69, 9.17) is 10.5 Å². The third kappa shape index (κ3) is 2.22. The summed E-state index contributed by atoms with van der Waals surface area (Å²) in [6.07, 6.45) is 4.60. The van der Waals surface area contributed by atoms with Gasteiger partial charge in [-0.2, -0.15) is 0 Å². The summed E-state index contributed by atoms with van der Waals surface area (Å²) in [4.78, 5) is 0. The van der Waals surface area contributed by atoms with Gasteiger partial charge in [0.1, 0.15) is 17.7 Å². The Kier molecular flexibility index (Phi) is 2.67. The van der Waals surface area contributed by atoms with Crippen LogP contribution < -0.4 is 15.8 Å². The summed E-state index contributed by atoms with van der Waals surface area (Å²) in [5.74, 6) is 0.183. The van der Waals surface area contributed by atoms with E-state index >= 15 is 0 Å². The van der Waals surface area contributed by atoms with E-state index in [1.807, 2.05) is 0 Å². The zero-order chi connectivity index (χ0) is 11.8. The number of rotatable bonds is 2. The molecule has 17 heavy (non-hydrogen) atoms. The second kappa shape index (κ2) is 4.18. The molecule has 0 saturated carbocycles. The Morgan fingerprint density at radius 1 is 1.24 bits per heavy atom. The summed E-state index contributed by atoms with van der Waals surface area (Å²) >= 11 is 0. The second-order valence-corrected chi connectivity index (χ2v) is 5.03. The van der Waals surface area contributed by atoms with Gasteiger partial charge >= 0.3 is 0 Å². The number of nitrogens with two attached hydrogens (primary N) is 1. The summed E-state index contributed by atoms with van der Waals surface area (Å²) < 4.78 is 19.0. The molecule has 4 heteroatoms. The maximum Gasteiger partial charge on any atom is 0.145 e. The number of benzene rings is 1. The molecule has 0 amide bonds. The molecule has 3 N–H and O–H groups in total. The van der Waals surface area contributed by atoms with E-state index in [0.29, 0.717) is 23.5 Å². The molecule has 2 aliphatic heterocycles. The summed E-state index contributed by atoms with van der Waals surface area (Å²) in [5, 5.41) is 3.55. The van der Waals surface area contributed by atoms with Gasteiger partial charge < -0.3 is 15.8 Å². The number of piperidine rings is 1. The van der Waals surface area contributed by atoms with Crippen molar-refractivity contribution < 1.29 is 9.13 Å². The highest BCUT2D eigenvalue weighted by Gasteiger charge is 2.34. The van der Waals surface area contributed by atoms with Crippen molar-refractivity contribution in [2.75, 3.05) is 5.73 Å². The molecule has 2 heterocycles. The summed E-state index contributed by atoms with van der Waals surface area (Å²) in [7, 11) is 0. The summed E-state index contributed by atoms with van der Waals surface area (Å²) in [6.45, 7) is 0. The van der Waals surface area contributed by atoms with Gasteiger partial charge in [0.2, 0.25) is 0 Å². The predicted octanol–water partition coefficient (Wildman–Crippen LogP) is 2.07. The van der Waals surface area contributed by atoms with Gasteiger partial charge in [-0.25, -0.2) is 4.39 Å². The SMILES string of the molecule is Nc1ccc(F)cc1OC1CC2CCC(C1)N2. The normalized spacial score (nSPS) is 31.5. The maximum absolute atomic E-state index is 13.1. The van der Waals surface area contributed by atoms with Crippen LogP contribution in [0.3, 0.4) is 0 Å². The van der Waals surface area contributed by atoms with Crippen LogP contribution in [0.5, 0.6) is 5.75 Å². The molecule has 2 aliphatic rings. The topological polar surface area (TPSA) is 47.3 Å². The van der Waals surface area contributed by atoms with Crippen molar-refractivity contribution in [1.82, 2.24) is 5.32 Å². The molecule has 2 bridgehead atoms. The van der Waals surface area contributed by atoms with Gasteiger partial charge in [-0.1, -0.05) is 0 Å². The lowest BCUT2D eigenvalue weighted by atomic mass is 10.0. The van der Waals surface area contributed by atoms with Gasteiger partial charge in [-0.05, 0) is 37.8 Å². The van der Waals surface area contributed by atoms with Gasteiger partial charge in [0.05, 0.1) is 5.69 Å². The number of fused-ring (bicyclic) bond motifs is 2. The first-order chi connectivity index (χ1) is 8.20. The number of nitrogens with one attached hydrogen (secondary N) is 1. The lowest BCUT2D eigenvalue weighted by Gasteiger charge is -2.29. The Labute approximate surface area is 100 Å². The monoisotopic (exact) mass is 236 g/mol. The highest BCUT2D eigenvalue weighted by molar-refractivity contribution is 5.52. The molecule has 1 aromatic carbocycles. The van der Waals surface area contributed by atoms with Gasteiger partial charge in [-0.3, -0.25) is 0 Å². The van der Waals surface area contributed by atoms with Crippen LogP contribution in [0.1, 0.15) is 25.7 Å². The molecule has 3 rings (SSSR count). The fourth-order valence-electron chi connectivity index (χ4n) is 2.89. The maximum atomic E-state index is 13.1. The van der Waals surface area contributed by atoms with Crippen LogP contribution in [0.2, 0.25) is 0 Å². The minimum absolute atomic E-state index is 0.165. The van der Waals surface area contributed by atoms with Crippen molar-refractivity contribution in [2.45, 2.75) is 43.9 Å². The number of nitrogen functional groups attached to an aromatic ring is 1. The van der Waals surface area contributed by atoms with Crippen LogP contribution in [-0.2, 0) is 0 Å². The van der Waals surface area contributed by atoms with Gasteiger partial charge in [0.25, 0.3) is 0 Å². The zero-order valence-electron chi connectivity index (χ0n) is 9.66. The molecule has 2 saturated heterocycles. The third-order valence-electron chi connectivity index (χ3n) is 3.70. The fourth-order valence-corrected chi connectivity index (χ4v) is 2.89. The van der Waals surface area contributed by atoms with Crippen LogP contribution in [-0.4, -0.2) is 18.2 Å². The molecule has 0 aromatic heterocycles. The van der Waals surface area contributed by atoms with Gasteiger partial charge in [0.15, 0.2) is 0 Å². The molecule has 2 fully saturated rings. The van der Waals surface area contributed by atoms with Crippen LogP contribution in [0.15, 0.2) is 18.2 Å². The van der Waals surface area contributed by atoms with Crippen molar-refractivity contribution in [1.29, 1.82) is 0 Å². The van der Waals surface area contributed by atoms with E-state index in [0.717, 1.165) is 12.8 Å². The average molecular weight is 236 g/mol. The first-order valence-corrected chi connectivity index (χ1v) is 6.18. The minimum Gasteiger partial charge on any atom is -0.488 e. The smallest absolute Gasteiger partial charge is 0.145 e. The Morgan fingerprint density at radius 3 is 2.65 bits per heavy atom. The fraction of sp³-hybridized carbons (Fsp3) is 0.538. The molecule has 0 spiro atoms. The predicted molar refractivity (Wildman–Crippen MR) is 64.4 cm³/mol. The van der Waals surface area contributed by atoms with E-state index < -0.39 is 0 Å². The highest BCUT2D eigenvalue weighted by Crippen LogP contribution is 2.31. The Morgan fingerprint density at radius 2 is 1.94 bits per heavy atom. The summed E-state index contributed by atoms with van der Waals surface area (Å²) in [5.41, 5.74) is 6.30. The number of hydrogen-bond acceptors (Lipinski definition) is 3. The largest absolute Gasteiger partial charge is 0.488 e. The van der Waals surface area contributed by atoms with Crippen LogP contribution in [0.25, 0.3) is 0 Å². The Balaban J connectivity index is 1.72. The highest BCUT2D eigenvalue weighted by atomic mass is 19.1. The lowest BCUT2D eigenvalue weighted by Crippen LogP contribution is -2.42. The molecule has 1 aromatic rings. The number of halogens is 1. The van der Waals surface area contributed by atoms with Crippen molar-refractivity contribution >= 4 is 5.69 Å². The van der Waals surface area contributed by atoms with Crippen LogP contribution >= 0.6 is 0 Å². The second-order valence-electron chi connectivity index (χ2n) is 5.03. The molecule has 2 unspecified atom stereocenters. The van der Waals surface area contributed by atoms with Crippen molar-refractivity contribution in [3.05, 3.63) is 24.0 Å².